The lowest BCUT2D eigenvalue weighted by molar-refractivity contribution is 0.101. The highest BCUT2D eigenvalue weighted by atomic mass is 16.5. The van der Waals surface area contributed by atoms with Gasteiger partial charge in [-0.25, -0.2) is 0 Å². The molecular formula is C20H21NO2. The van der Waals surface area contributed by atoms with Gasteiger partial charge in [-0.15, -0.1) is 0 Å². The third-order valence-electron chi connectivity index (χ3n) is 4.49. The maximum Gasteiger partial charge on any atom is 0.165 e. The van der Waals surface area contributed by atoms with Crippen molar-refractivity contribution in [1.82, 2.24) is 4.57 Å². The molecular weight excluding hydrogens is 286 g/mol. The molecule has 0 fully saturated rings. The zero-order valence-electron chi connectivity index (χ0n) is 14.0. The fourth-order valence-corrected chi connectivity index (χ4v) is 2.89. The molecule has 118 valence electrons. The Hall–Kier alpha value is -2.55. The molecule has 3 nitrogen and oxygen atoms in total. The quantitative estimate of drug-likeness (QED) is 0.648. The first kappa shape index (κ1) is 15.3. The Morgan fingerprint density at radius 3 is 2.52 bits per heavy atom. The third kappa shape index (κ3) is 2.74. The molecule has 3 heteroatoms. The summed E-state index contributed by atoms with van der Waals surface area (Å²) >= 11 is 0. The average Bonchev–Trinajstić information content (AvgIpc) is 2.78. The number of carbonyl (C=O) groups excluding carboxylic acids is 1. The van der Waals surface area contributed by atoms with Gasteiger partial charge < -0.3 is 9.30 Å². The molecule has 2 aromatic carbocycles. The molecule has 23 heavy (non-hydrogen) atoms. The SMILES string of the molecule is CC(=O)c1ccc2c(C)c(C)n(COc3ccccc3C)c2c1. The zero-order chi connectivity index (χ0) is 16.6. The van der Waals surface area contributed by atoms with Crippen LogP contribution in [0.2, 0.25) is 0 Å². The van der Waals surface area contributed by atoms with Crippen molar-refractivity contribution in [1.29, 1.82) is 0 Å². The van der Waals surface area contributed by atoms with Gasteiger partial charge in [0, 0.05) is 16.6 Å². The van der Waals surface area contributed by atoms with Gasteiger partial charge in [0.05, 0.1) is 5.52 Å². The number of aryl methyl sites for hydroxylation is 2. The largest absolute Gasteiger partial charge is 0.472 e. The van der Waals surface area contributed by atoms with Crippen LogP contribution in [0.1, 0.15) is 34.1 Å². The molecule has 0 spiro atoms. The summed E-state index contributed by atoms with van der Waals surface area (Å²) in [4.78, 5) is 11.7. The van der Waals surface area contributed by atoms with Gasteiger partial charge in [0.1, 0.15) is 5.75 Å². The number of hydrogen-bond acceptors (Lipinski definition) is 2. The smallest absolute Gasteiger partial charge is 0.165 e. The average molecular weight is 307 g/mol. The number of hydrogen-bond donors (Lipinski definition) is 0. The molecule has 0 amide bonds. The molecule has 1 aromatic heterocycles. The predicted octanol–water partition coefficient (Wildman–Crippen LogP) is 4.81. The summed E-state index contributed by atoms with van der Waals surface area (Å²) < 4.78 is 8.13. The lowest BCUT2D eigenvalue weighted by Crippen LogP contribution is -2.07. The first-order chi connectivity index (χ1) is 11.0. The first-order valence-electron chi connectivity index (χ1n) is 7.78. The van der Waals surface area contributed by atoms with Crippen LogP contribution in [0.4, 0.5) is 0 Å². The van der Waals surface area contributed by atoms with Crippen LogP contribution >= 0.6 is 0 Å². The van der Waals surface area contributed by atoms with Crippen LogP contribution in [0.3, 0.4) is 0 Å². The molecule has 0 N–H and O–H groups in total. The molecule has 0 aliphatic carbocycles. The van der Waals surface area contributed by atoms with E-state index in [9.17, 15) is 4.79 Å². The maximum absolute atomic E-state index is 11.7. The summed E-state index contributed by atoms with van der Waals surface area (Å²) in [6.45, 7) is 8.26. The van der Waals surface area contributed by atoms with E-state index in [0.717, 1.165) is 28.1 Å². The molecule has 0 radical (unpaired) electrons. The molecule has 0 aliphatic rings. The monoisotopic (exact) mass is 307 g/mol. The summed E-state index contributed by atoms with van der Waals surface area (Å²) in [7, 11) is 0. The van der Waals surface area contributed by atoms with E-state index in [0.29, 0.717) is 6.73 Å². The van der Waals surface area contributed by atoms with E-state index in [2.05, 4.69) is 18.4 Å². The van der Waals surface area contributed by atoms with Gasteiger partial charge in [0.15, 0.2) is 12.5 Å². The fourth-order valence-electron chi connectivity index (χ4n) is 2.89. The Morgan fingerprint density at radius 1 is 1.09 bits per heavy atom. The number of rotatable bonds is 4. The second kappa shape index (κ2) is 5.92. The van der Waals surface area contributed by atoms with Crippen molar-refractivity contribution in [3.05, 3.63) is 64.8 Å². The molecule has 0 saturated heterocycles. The van der Waals surface area contributed by atoms with Crippen LogP contribution in [-0.2, 0) is 6.73 Å². The number of ether oxygens (including phenoxy) is 1. The summed E-state index contributed by atoms with van der Waals surface area (Å²) in [6, 6.07) is 13.9. The fraction of sp³-hybridized carbons (Fsp3) is 0.250. The van der Waals surface area contributed by atoms with Gasteiger partial charge in [0.2, 0.25) is 0 Å². The van der Waals surface area contributed by atoms with Crippen molar-refractivity contribution in [2.45, 2.75) is 34.4 Å². The van der Waals surface area contributed by atoms with Gasteiger partial charge in [0.25, 0.3) is 0 Å². The zero-order valence-corrected chi connectivity index (χ0v) is 14.0. The molecule has 0 aliphatic heterocycles. The standard InChI is InChI=1S/C20H21NO2/c1-13-7-5-6-8-20(13)23-12-21-15(3)14(2)18-10-9-17(16(4)22)11-19(18)21/h5-11H,12H2,1-4H3. The summed E-state index contributed by atoms with van der Waals surface area (Å²) in [5.41, 5.74) is 5.27. The number of Topliss-reactive ketones (excluding diaryl/α,β-unsaturated/α-hetero) is 1. The minimum absolute atomic E-state index is 0.0785. The van der Waals surface area contributed by atoms with Crippen molar-refractivity contribution < 1.29 is 9.53 Å². The van der Waals surface area contributed by atoms with Crippen LogP contribution in [0.5, 0.6) is 5.75 Å². The lowest BCUT2D eigenvalue weighted by Gasteiger charge is -2.13. The number of fused-ring (bicyclic) bond motifs is 1. The summed E-state index contributed by atoms with van der Waals surface area (Å²) in [6.07, 6.45) is 0. The minimum atomic E-state index is 0.0785. The number of nitrogens with zero attached hydrogens (tertiary/aromatic N) is 1. The van der Waals surface area contributed by atoms with E-state index in [1.807, 2.05) is 49.4 Å². The van der Waals surface area contributed by atoms with E-state index in [1.165, 1.54) is 10.9 Å². The second-order valence-electron chi connectivity index (χ2n) is 5.97. The normalized spacial score (nSPS) is 11.0. The van der Waals surface area contributed by atoms with Crippen molar-refractivity contribution >= 4 is 16.7 Å². The number of ketones is 1. The van der Waals surface area contributed by atoms with E-state index in [1.54, 1.807) is 6.92 Å². The van der Waals surface area contributed by atoms with Crippen molar-refractivity contribution in [2.24, 2.45) is 0 Å². The molecule has 0 atom stereocenters. The number of carbonyl (C=O) groups is 1. The highest BCUT2D eigenvalue weighted by molar-refractivity contribution is 5.98. The Balaban J connectivity index is 2.02. The van der Waals surface area contributed by atoms with Crippen molar-refractivity contribution in [3.8, 4) is 5.75 Å². The molecule has 0 bridgehead atoms. The van der Waals surface area contributed by atoms with Crippen molar-refractivity contribution in [3.63, 3.8) is 0 Å². The molecule has 0 unspecified atom stereocenters. The summed E-state index contributed by atoms with van der Waals surface area (Å²) in [5.74, 6) is 0.962. The Kier molecular flexibility index (Phi) is 3.95. The highest BCUT2D eigenvalue weighted by Crippen LogP contribution is 2.27. The second-order valence-corrected chi connectivity index (χ2v) is 5.97. The number of para-hydroxylation sites is 1. The third-order valence-corrected chi connectivity index (χ3v) is 4.49. The van der Waals surface area contributed by atoms with E-state index < -0.39 is 0 Å². The molecule has 0 saturated carbocycles. The molecule has 3 rings (SSSR count). The van der Waals surface area contributed by atoms with Gasteiger partial charge in [-0.2, -0.15) is 0 Å². The molecule has 3 aromatic rings. The Bertz CT molecular complexity index is 890. The Labute approximate surface area is 136 Å². The Morgan fingerprint density at radius 2 is 1.83 bits per heavy atom. The van der Waals surface area contributed by atoms with Crippen LogP contribution < -0.4 is 4.74 Å². The van der Waals surface area contributed by atoms with Gasteiger partial charge in [-0.3, -0.25) is 4.79 Å². The van der Waals surface area contributed by atoms with Gasteiger partial charge >= 0.3 is 0 Å². The minimum Gasteiger partial charge on any atom is -0.472 e. The highest BCUT2D eigenvalue weighted by Gasteiger charge is 2.13. The van der Waals surface area contributed by atoms with E-state index >= 15 is 0 Å². The van der Waals surface area contributed by atoms with Crippen LogP contribution in [0.15, 0.2) is 42.5 Å². The van der Waals surface area contributed by atoms with Crippen molar-refractivity contribution in [2.75, 3.05) is 0 Å². The number of benzene rings is 2. The topological polar surface area (TPSA) is 31.2 Å². The van der Waals surface area contributed by atoms with E-state index in [-0.39, 0.29) is 5.78 Å². The molecule has 1 heterocycles. The lowest BCUT2D eigenvalue weighted by atomic mass is 10.1. The summed E-state index contributed by atoms with van der Waals surface area (Å²) in [5, 5.41) is 1.17. The first-order valence-corrected chi connectivity index (χ1v) is 7.78. The number of aromatic nitrogens is 1. The predicted molar refractivity (Wildman–Crippen MR) is 93.2 cm³/mol. The van der Waals surface area contributed by atoms with Crippen LogP contribution in [0, 0.1) is 20.8 Å². The van der Waals surface area contributed by atoms with Crippen LogP contribution in [-0.4, -0.2) is 10.4 Å². The van der Waals surface area contributed by atoms with E-state index in [4.69, 9.17) is 4.74 Å². The van der Waals surface area contributed by atoms with Gasteiger partial charge in [-0.1, -0.05) is 30.3 Å². The maximum atomic E-state index is 11.7. The van der Waals surface area contributed by atoms with Gasteiger partial charge in [-0.05, 0) is 51.0 Å². The van der Waals surface area contributed by atoms with Crippen LogP contribution in [0.25, 0.3) is 10.9 Å².